The summed E-state index contributed by atoms with van der Waals surface area (Å²) in [6, 6.07) is 14.2. The molecular weight excluding hydrogens is 388 g/mol. The van der Waals surface area contributed by atoms with Gasteiger partial charge in [0.1, 0.15) is 5.82 Å². The summed E-state index contributed by atoms with van der Waals surface area (Å²) < 4.78 is 3.61. The highest BCUT2D eigenvalue weighted by Crippen LogP contribution is 2.39. The summed E-state index contributed by atoms with van der Waals surface area (Å²) in [6.45, 7) is 4.12. The van der Waals surface area contributed by atoms with Crippen LogP contribution < -0.4 is 10.2 Å². The molecule has 1 fully saturated rings. The normalized spacial score (nSPS) is 15.4. The number of carbonyl (C=O) groups excluding carboxylic acids is 1. The van der Waals surface area contributed by atoms with Gasteiger partial charge < -0.3 is 15.1 Å². The molecule has 1 aliphatic rings. The van der Waals surface area contributed by atoms with E-state index in [9.17, 15) is 4.79 Å². The Morgan fingerprint density at radius 3 is 2.64 bits per heavy atom. The molecule has 0 bridgehead atoms. The van der Waals surface area contributed by atoms with Crippen molar-refractivity contribution in [2.45, 2.75) is 0 Å². The second kappa shape index (κ2) is 7.16. The number of likely N-dealkylation sites (N-methyl/N-ethyl adjacent to an activating group) is 1. The Hall–Kier alpha value is -2.48. The monoisotopic (exact) mass is 408 g/mol. The molecule has 0 atom stereocenters. The van der Waals surface area contributed by atoms with Crippen LogP contribution in [0.15, 0.2) is 48.7 Å². The van der Waals surface area contributed by atoms with E-state index in [0.717, 1.165) is 41.4 Å². The van der Waals surface area contributed by atoms with E-state index in [0.29, 0.717) is 5.82 Å². The van der Waals surface area contributed by atoms with Gasteiger partial charge in [0.2, 0.25) is 0 Å². The molecule has 0 aliphatic carbocycles. The third-order valence-electron chi connectivity index (χ3n) is 5.13. The number of hydrogen-bond acceptors (Lipinski definition) is 6. The van der Waals surface area contributed by atoms with Gasteiger partial charge in [0.05, 0.1) is 21.5 Å². The summed E-state index contributed by atoms with van der Waals surface area (Å²) in [5.74, 6) is 0.488. The van der Waals surface area contributed by atoms with Crippen molar-refractivity contribution in [2.24, 2.45) is 0 Å². The van der Waals surface area contributed by atoms with Gasteiger partial charge in [-0.15, -0.1) is 22.7 Å². The van der Waals surface area contributed by atoms with Crippen molar-refractivity contribution < 1.29 is 4.79 Å². The fraction of sp³-hybridized carbons (Fsp3) is 0.238. The number of amides is 1. The Morgan fingerprint density at radius 1 is 1.04 bits per heavy atom. The number of nitrogens with zero attached hydrogens (tertiary/aromatic N) is 3. The van der Waals surface area contributed by atoms with E-state index in [-0.39, 0.29) is 5.91 Å². The number of piperazine rings is 1. The average Bonchev–Trinajstić information content (AvgIpc) is 3.27. The van der Waals surface area contributed by atoms with Gasteiger partial charge >= 0.3 is 0 Å². The molecule has 1 amide bonds. The first-order chi connectivity index (χ1) is 13.7. The maximum absolute atomic E-state index is 12.7. The van der Waals surface area contributed by atoms with Crippen LogP contribution in [-0.2, 0) is 0 Å². The van der Waals surface area contributed by atoms with Gasteiger partial charge in [0.15, 0.2) is 0 Å². The number of anilines is 2. The second-order valence-electron chi connectivity index (χ2n) is 7.05. The maximum Gasteiger partial charge on any atom is 0.266 e. The molecule has 1 aliphatic heterocycles. The Balaban J connectivity index is 1.31. The van der Waals surface area contributed by atoms with Crippen LogP contribution in [0.2, 0.25) is 0 Å². The fourth-order valence-electron chi connectivity index (χ4n) is 3.50. The predicted octanol–water partition coefficient (Wildman–Crippen LogP) is 4.52. The summed E-state index contributed by atoms with van der Waals surface area (Å²) in [5.41, 5.74) is 1.11. The highest BCUT2D eigenvalue weighted by Gasteiger charge is 2.16. The van der Waals surface area contributed by atoms with Crippen LogP contribution in [0.1, 0.15) is 9.67 Å². The van der Waals surface area contributed by atoms with Gasteiger partial charge in [-0.05, 0) is 31.3 Å². The van der Waals surface area contributed by atoms with Crippen molar-refractivity contribution in [2.75, 3.05) is 43.4 Å². The topological polar surface area (TPSA) is 48.5 Å². The van der Waals surface area contributed by atoms with E-state index in [1.54, 1.807) is 22.7 Å². The summed E-state index contributed by atoms with van der Waals surface area (Å²) in [6.07, 6.45) is 1.85. The van der Waals surface area contributed by atoms with E-state index >= 15 is 0 Å². The molecule has 28 heavy (non-hydrogen) atoms. The highest BCUT2D eigenvalue weighted by atomic mass is 32.1. The number of carbonyl (C=O) groups is 1. The number of nitrogens with one attached hydrogen (secondary N) is 1. The Bertz CT molecular complexity index is 1140. The molecule has 0 unspecified atom stereocenters. The first-order valence-corrected chi connectivity index (χ1v) is 10.9. The Morgan fingerprint density at radius 2 is 1.86 bits per heavy atom. The van der Waals surface area contributed by atoms with E-state index < -0.39 is 0 Å². The molecule has 7 heteroatoms. The number of benzene rings is 1. The molecule has 4 heterocycles. The van der Waals surface area contributed by atoms with Crippen molar-refractivity contribution in [1.29, 1.82) is 0 Å². The van der Waals surface area contributed by atoms with Crippen LogP contribution >= 0.6 is 22.7 Å². The highest BCUT2D eigenvalue weighted by molar-refractivity contribution is 7.33. The predicted molar refractivity (Wildman–Crippen MR) is 119 cm³/mol. The van der Waals surface area contributed by atoms with Crippen molar-refractivity contribution in [3.05, 3.63) is 53.5 Å². The van der Waals surface area contributed by atoms with Crippen molar-refractivity contribution in [1.82, 2.24) is 9.88 Å². The van der Waals surface area contributed by atoms with Crippen LogP contribution in [0.4, 0.5) is 11.5 Å². The van der Waals surface area contributed by atoms with Crippen LogP contribution in [0, 0.1) is 0 Å². The lowest BCUT2D eigenvalue weighted by Gasteiger charge is -2.33. The van der Waals surface area contributed by atoms with Crippen molar-refractivity contribution in [3.63, 3.8) is 0 Å². The summed E-state index contributed by atoms with van der Waals surface area (Å²) >= 11 is 3.27. The van der Waals surface area contributed by atoms with E-state index in [2.05, 4.69) is 39.3 Å². The first kappa shape index (κ1) is 17.6. The third kappa shape index (κ3) is 3.26. The third-order valence-corrected chi connectivity index (χ3v) is 7.55. The van der Waals surface area contributed by atoms with Gasteiger partial charge in [0, 0.05) is 41.0 Å². The zero-order valence-corrected chi connectivity index (χ0v) is 17.1. The molecular formula is C21H20N4OS2. The molecule has 1 saturated heterocycles. The van der Waals surface area contributed by atoms with Crippen LogP contribution in [0.3, 0.4) is 0 Å². The van der Waals surface area contributed by atoms with Gasteiger partial charge in [-0.2, -0.15) is 0 Å². The quantitative estimate of drug-likeness (QED) is 0.542. The molecule has 0 saturated carbocycles. The molecule has 5 nitrogen and oxygen atoms in total. The van der Waals surface area contributed by atoms with Crippen LogP contribution in [0.25, 0.3) is 19.5 Å². The van der Waals surface area contributed by atoms with E-state index in [4.69, 9.17) is 0 Å². The lowest BCUT2D eigenvalue weighted by atomic mass is 10.2. The summed E-state index contributed by atoms with van der Waals surface area (Å²) in [7, 11) is 2.14. The van der Waals surface area contributed by atoms with E-state index in [1.165, 1.54) is 14.8 Å². The SMILES string of the molecule is CN1CCN(c2ccc(NC(=O)c3cc4sc5ccccc5c4s3)nc2)CC1. The molecule has 1 N–H and O–H groups in total. The lowest BCUT2D eigenvalue weighted by Crippen LogP contribution is -2.44. The number of thiophene rings is 2. The van der Waals surface area contributed by atoms with Crippen LogP contribution in [0.5, 0.6) is 0 Å². The summed E-state index contributed by atoms with van der Waals surface area (Å²) in [5, 5.41) is 4.16. The van der Waals surface area contributed by atoms with Gasteiger partial charge in [-0.1, -0.05) is 18.2 Å². The molecule has 5 rings (SSSR count). The number of fused-ring (bicyclic) bond motifs is 3. The minimum atomic E-state index is -0.0997. The fourth-order valence-corrected chi connectivity index (χ4v) is 5.92. The number of rotatable bonds is 3. The summed E-state index contributed by atoms with van der Waals surface area (Å²) in [4.78, 5) is 22.5. The minimum Gasteiger partial charge on any atom is -0.368 e. The zero-order chi connectivity index (χ0) is 19.1. The zero-order valence-electron chi connectivity index (χ0n) is 15.5. The molecule has 142 valence electrons. The standard InChI is InChI=1S/C21H20N4OS2/c1-24-8-10-25(11-9-24)14-6-7-19(22-13-14)23-21(26)18-12-17-20(28-18)15-4-2-3-5-16(15)27-17/h2-7,12-13H,8-11H2,1H3,(H,22,23,26). The largest absolute Gasteiger partial charge is 0.368 e. The molecule has 1 aromatic carbocycles. The van der Waals surface area contributed by atoms with E-state index in [1.807, 2.05) is 36.5 Å². The van der Waals surface area contributed by atoms with Crippen LogP contribution in [-0.4, -0.2) is 49.0 Å². The smallest absolute Gasteiger partial charge is 0.266 e. The molecule has 0 spiro atoms. The second-order valence-corrected chi connectivity index (χ2v) is 9.18. The number of hydrogen-bond donors (Lipinski definition) is 1. The van der Waals surface area contributed by atoms with Crippen molar-refractivity contribution >= 4 is 59.6 Å². The minimum absolute atomic E-state index is 0.0997. The molecule has 3 aromatic heterocycles. The van der Waals surface area contributed by atoms with Gasteiger partial charge in [-0.25, -0.2) is 4.98 Å². The Kier molecular flexibility index (Phi) is 4.50. The average molecular weight is 409 g/mol. The molecule has 0 radical (unpaired) electrons. The Labute approximate surface area is 171 Å². The molecule has 4 aromatic rings. The first-order valence-electron chi connectivity index (χ1n) is 9.29. The maximum atomic E-state index is 12.7. The number of pyridine rings is 1. The van der Waals surface area contributed by atoms with Crippen molar-refractivity contribution in [3.8, 4) is 0 Å². The van der Waals surface area contributed by atoms with Gasteiger partial charge in [0.25, 0.3) is 5.91 Å². The van der Waals surface area contributed by atoms with Gasteiger partial charge in [-0.3, -0.25) is 4.79 Å². The lowest BCUT2D eigenvalue weighted by molar-refractivity contribution is 0.103. The number of aromatic nitrogens is 1.